The number of allylic oxidation sites excluding steroid dienone is 2. The van der Waals surface area contributed by atoms with Crippen LogP contribution in [-0.4, -0.2) is 11.1 Å². The van der Waals surface area contributed by atoms with E-state index >= 15 is 0 Å². The zero-order valence-corrected chi connectivity index (χ0v) is 8.47. The van der Waals surface area contributed by atoms with E-state index in [9.17, 15) is 4.79 Å². The number of hydrogen-bond acceptors (Lipinski definition) is 1. The maximum absolute atomic E-state index is 9.62. The first-order valence-electron chi connectivity index (χ1n) is 4.40. The van der Waals surface area contributed by atoms with Gasteiger partial charge in [-0.2, -0.15) is 0 Å². The van der Waals surface area contributed by atoms with Crippen molar-refractivity contribution in [2.45, 2.75) is 0 Å². The summed E-state index contributed by atoms with van der Waals surface area (Å²) in [6, 6.07) is 10.0. The Labute approximate surface area is 89.9 Å². The van der Waals surface area contributed by atoms with E-state index in [1.54, 1.807) is 0 Å². The largest absolute Gasteiger partial charge is 0.478 e. The molecular weight excluding hydrogens is 188 g/mol. The Balaban J connectivity index is 0.000000265. The smallest absolute Gasteiger partial charge is 0.328 e. The number of hydrogen-bond donors (Lipinski definition) is 1. The van der Waals surface area contributed by atoms with Gasteiger partial charge in [-0.15, -0.1) is 0 Å². The third-order valence-corrected chi connectivity index (χ3v) is 1.41. The summed E-state index contributed by atoms with van der Waals surface area (Å²) in [5.74, 6) is -0.945. The van der Waals surface area contributed by atoms with Crippen molar-refractivity contribution in [2.24, 2.45) is 0 Å². The molecule has 0 bridgehead atoms. The second-order valence-electron chi connectivity index (χ2n) is 2.55. The molecule has 0 fully saturated rings. The summed E-state index contributed by atoms with van der Waals surface area (Å²) in [5, 5.41) is 7.91. The lowest BCUT2D eigenvalue weighted by Crippen LogP contribution is -1.83. The van der Waals surface area contributed by atoms with Gasteiger partial charge in [-0.05, 0) is 5.56 Å². The molecule has 15 heavy (non-hydrogen) atoms. The van der Waals surface area contributed by atoms with Crippen LogP contribution in [0.5, 0.6) is 0 Å². The van der Waals surface area contributed by atoms with E-state index in [-0.39, 0.29) is 0 Å². The summed E-state index contributed by atoms with van der Waals surface area (Å²) < 4.78 is 0. The second-order valence-corrected chi connectivity index (χ2v) is 2.55. The molecule has 0 unspecified atom stereocenters. The number of aliphatic carboxylic acids is 1. The highest BCUT2D eigenvalue weighted by atomic mass is 16.4. The van der Waals surface area contributed by atoms with Crippen molar-refractivity contribution in [1.82, 2.24) is 0 Å². The van der Waals surface area contributed by atoms with Gasteiger partial charge in [0, 0.05) is 6.08 Å². The Morgan fingerprint density at radius 1 is 1.20 bits per heavy atom. The number of rotatable bonds is 3. The van der Waals surface area contributed by atoms with Gasteiger partial charge in [0.25, 0.3) is 0 Å². The molecule has 0 aliphatic carbocycles. The van der Waals surface area contributed by atoms with Crippen LogP contribution in [0, 0.1) is 0 Å². The summed E-state index contributed by atoms with van der Waals surface area (Å²) in [6.45, 7) is 6.91. The first-order chi connectivity index (χ1) is 7.20. The molecule has 1 aromatic rings. The fourth-order valence-corrected chi connectivity index (χ4v) is 0.739. The SMILES string of the molecule is C=CC=CC(=O)O.C=Cc1ccccc1. The van der Waals surface area contributed by atoms with Crippen molar-refractivity contribution in [3.63, 3.8) is 0 Å². The van der Waals surface area contributed by atoms with E-state index in [1.807, 2.05) is 36.4 Å². The van der Waals surface area contributed by atoms with Gasteiger partial charge in [-0.3, -0.25) is 0 Å². The molecule has 0 atom stereocenters. The molecule has 2 heteroatoms. The standard InChI is InChI=1S/C8H8.C5H6O2/c1-2-8-6-4-3-5-7-8;1-2-3-4-5(6)7/h2-7H,1H2;2-4H,1H2,(H,6,7). The third kappa shape index (κ3) is 8.25. The molecule has 1 rings (SSSR count). The van der Waals surface area contributed by atoms with Crippen LogP contribution in [0.4, 0.5) is 0 Å². The van der Waals surface area contributed by atoms with E-state index < -0.39 is 5.97 Å². The van der Waals surface area contributed by atoms with Gasteiger partial charge in [0.05, 0.1) is 0 Å². The summed E-state index contributed by atoms with van der Waals surface area (Å²) in [7, 11) is 0. The van der Waals surface area contributed by atoms with E-state index in [2.05, 4.69) is 13.2 Å². The molecule has 0 aliphatic heterocycles. The normalized spacial score (nSPS) is 8.80. The van der Waals surface area contributed by atoms with E-state index in [0.717, 1.165) is 6.08 Å². The highest BCUT2D eigenvalue weighted by Gasteiger charge is 1.78. The predicted molar refractivity (Wildman–Crippen MR) is 63.5 cm³/mol. The average Bonchev–Trinajstić information content (AvgIpc) is 2.28. The number of carboxylic acids is 1. The summed E-state index contributed by atoms with van der Waals surface area (Å²) in [4.78, 5) is 9.62. The Kier molecular flexibility index (Phi) is 7.32. The third-order valence-electron chi connectivity index (χ3n) is 1.41. The zero-order valence-electron chi connectivity index (χ0n) is 8.47. The highest BCUT2D eigenvalue weighted by molar-refractivity contribution is 5.79. The molecule has 0 aliphatic rings. The Hall–Kier alpha value is -2.09. The van der Waals surface area contributed by atoms with E-state index in [4.69, 9.17) is 5.11 Å². The summed E-state index contributed by atoms with van der Waals surface area (Å²) >= 11 is 0. The van der Waals surface area contributed by atoms with Crippen molar-refractivity contribution in [2.75, 3.05) is 0 Å². The van der Waals surface area contributed by atoms with Crippen molar-refractivity contribution in [3.05, 3.63) is 67.3 Å². The Bertz CT molecular complexity index is 337. The molecule has 0 saturated carbocycles. The highest BCUT2D eigenvalue weighted by Crippen LogP contribution is 1.97. The van der Waals surface area contributed by atoms with Gasteiger partial charge in [0.1, 0.15) is 0 Å². The maximum Gasteiger partial charge on any atom is 0.328 e. The lowest BCUT2D eigenvalue weighted by molar-refractivity contribution is -0.131. The first-order valence-corrected chi connectivity index (χ1v) is 4.40. The van der Waals surface area contributed by atoms with Gasteiger partial charge in [-0.1, -0.05) is 61.7 Å². The van der Waals surface area contributed by atoms with E-state index in [0.29, 0.717) is 0 Å². The van der Waals surface area contributed by atoms with Gasteiger partial charge in [0.15, 0.2) is 0 Å². The molecule has 0 spiro atoms. The van der Waals surface area contributed by atoms with Crippen molar-refractivity contribution < 1.29 is 9.90 Å². The Morgan fingerprint density at radius 2 is 1.80 bits per heavy atom. The van der Waals surface area contributed by atoms with Crippen molar-refractivity contribution in [3.8, 4) is 0 Å². The molecule has 78 valence electrons. The van der Waals surface area contributed by atoms with Crippen LogP contribution in [0.2, 0.25) is 0 Å². The Morgan fingerprint density at radius 3 is 2.07 bits per heavy atom. The average molecular weight is 202 g/mol. The van der Waals surface area contributed by atoms with Gasteiger partial charge >= 0.3 is 5.97 Å². The second kappa shape index (κ2) is 8.51. The van der Waals surface area contributed by atoms with Crippen LogP contribution in [0.15, 0.2) is 61.7 Å². The molecular formula is C13H14O2. The van der Waals surface area contributed by atoms with Gasteiger partial charge in [-0.25, -0.2) is 4.79 Å². The van der Waals surface area contributed by atoms with Crippen LogP contribution in [0.3, 0.4) is 0 Å². The summed E-state index contributed by atoms with van der Waals surface area (Å²) in [6.07, 6.45) is 5.63. The number of carboxylic acid groups (broad SMARTS) is 1. The minimum Gasteiger partial charge on any atom is -0.478 e. The monoisotopic (exact) mass is 202 g/mol. The maximum atomic E-state index is 9.62. The van der Waals surface area contributed by atoms with Crippen LogP contribution in [0.1, 0.15) is 5.56 Å². The van der Waals surface area contributed by atoms with Crippen LogP contribution < -0.4 is 0 Å². The van der Waals surface area contributed by atoms with Gasteiger partial charge < -0.3 is 5.11 Å². The number of benzene rings is 1. The topological polar surface area (TPSA) is 37.3 Å². The molecule has 0 aromatic heterocycles. The van der Waals surface area contributed by atoms with Gasteiger partial charge in [0.2, 0.25) is 0 Å². The molecule has 0 radical (unpaired) electrons. The quantitative estimate of drug-likeness (QED) is 0.604. The van der Waals surface area contributed by atoms with Crippen molar-refractivity contribution in [1.29, 1.82) is 0 Å². The lowest BCUT2D eigenvalue weighted by atomic mass is 10.2. The fourth-order valence-electron chi connectivity index (χ4n) is 0.739. The fraction of sp³-hybridized carbons (Fsp3) is 0. The predicted octanol–water partition coefficient (Wildman–Crippen LogP) is 3.14. The molecule has 2 nitrogen and oxygen atoms in total. The molecule has 0 amide bonds. The molecule has 1 aromatic carbocycles. The molecule has 0 saturated heterocycles. The number of carbonyl (C=O) groups is 1. The molecule has 0 heterocycles. The van der Waals surface area contributed by atoms with Crippen LogP contribution in [0.25, 0.3) is 6.08 Å². The zero-order chi connectivity index (χ0) is 11.5. The summed E-state index contributed by atoms with van der Waals surface area (Å²) in [5.41, 5.74) is 1.17. The van der Waals surface area contributed by atoms with Crippen LogP contribution in [-0.2, 0) is 4.79 Å². The van der Waals surface area contributed by atoms with Crippen molar-refractivity contribution >= 4 is 12.0 Å². The minimum atomic E-state index is -0.945. The first kappa shape index (κ1) is 12.9. The lowest BCUT2D eigenvalue weighted by Gasteiger charge is -1.85. The molecule has 1 N–H and O–H groups in total. The van der Waals surface area contributed by atoms with E-state index in [1.165, 1.54) is 17.7 Å². The minimum absolute atomic E-state index is 0.945. The van der Waals surface area contributed by atoms with Crippen LogP contribution >= 0.6 is 0 Å².